The van der Waals surface area contributed by atoms with Crippen molar-refractivity contribution in [3.05, 3.63) is 18.3 Å². The lowest BCUT2D eigenvalue weighted by Crippen LogP contribution is -2.42. The maximum atomic E-state index is 5.80. The Morgan fingerprint density at radius 1 is 1.47 bits per heavy atom. The summed E-state index contributed by atoms with van der Waals surface area (Å²) < 4.78 is 5.80. The van der Waals surface area contributed by atoms with E-state index in [0.717, 1.165) is 31.0 Å². The van der Waals surface area contributed by atoms with Gasteiger partial charge in [-0.1, -0.05) is 0 Å². The summed E-state index contributed by atoms with van der Waals surface area (Å²) in [5, 5.41) is 3.54. The van der Waals surface area contributed by atoms with Crippen molar-refractivity contribution < 1.29 is 4.74 Å². The number of hydrogen-bond acceptors (Lipinski definition) is 4. The Hall–Kier alpha value is -1.29. The number of nitrogens with zero attached hydrogens (tertiary/aromatic N) is 2. The normalized spacial score (nSPS) is 24.5. The molecule has 1 N–H and O–H groups in total. The van der Waals surface area contributed by atoms with Gasteiger partial charge in [-0.3, -0.25) is 0 Å². The highest BCUT2D eigenvalue weighted by Gasteiger charge is 2.23. The first-order chi connectivity index (χ1) is 9.06. The molecule has 4 nitrogen and oxygen atoms in total. The molecule has 0 saturated carbocycles. The first-order valence-electron chi connectivity index (χ1n) is 7.14. The SMILES string of the molecule is CC(C)Oc1cccnc1NC1CCN(C)C(C)C1. The lowest BCUT2D eigenvalue weighted by atomic mass is 9.99. The maximum Gasteiger partial charge on any atom is 0.168 e. The minimum absolute atomic E-state index is 0.168. The monoisotopic (exact) mass is 263 g/mol. The summed E-state index contributed by atoms with van der Waals surface area (Å²) in [6, 6.07) is 4.99. The fraction of sp³-hybridized carbons (Fsp3) is 0.667. The number of pyridine rings is 1. The summed E-state index contributed by atoms with van der Waals surface area (Å²) in [5.74, 6) is 1.72. The third-order valence-electron chi connectivity index (χ3n) is 3.68. The van der Waals surface area contributed by atoms with E-state index < -0.39 is 0 Å². The molecule has 0 aliphatic carbocycles. The van der Waals surface area contributed by atoms with Crippen molar-refractivity contribution in [1.29, 1.82) is 0 Å². The number of rotatable bonds is 4. The number of aromatic nitrogens is 1. The van der Waals surface area contributed by atoms with E-state index >= 15 is 0 Å². The van der Waals surface area contributed by atoms with Crippen LogP contribution in [-0.2, 0) is 0 Å². The summed E-state index contributed by atoms with van der Waals surface area (Å²) in [7, 11) is 2.19. The van der Waals surface area contributed by atoms with Gasteiger partial charge >= 0.3 is 0 Å². The zero-order valence-corrected chi connectivity index (χ0v) is 12.4. The Balaban J connectivity index is 2.02. The average Bonchev–Trinajstić information content (AvgIpc) is 2.36. The van der Waals surface area contributed by atoms with E-state index in [-0.39, 0.29) is 6.10 Å². The van der Waals surface area contributed by atoms with E-state index in [9.17, 15) is 0 Å². The molecule has 2 unspecified atom stereocenters. The van der Waals surface area contributed by atoms with Crippen molar-refractivity contribution in [1.82, 2.24) is 9.88 Å². The van der Waals surface area contributed by atoms with Gasteiger partial charge in [-0.2, -0.15) is 0 Å². The van der Waals surface area contributed by atoms with Crippen LogP contribution in [0.2, 0.25) is 0 Å². The van der Waals surface area contributed by atoms with Crippen molar-refractivity contribution in [3.8, 4) is 5.75 Å². The van der Waals surface area contributed by atoms with Gasteiger partial charge in [0.1, 0.15) is 0 Å². The van der Waals surface area contributed by atoms with Crippen LogP contribution in [0.3, 0.4) is 0 Å². The molecule has 0 spiro atoms. The fourth-order valence-electron chi connectivity index (χ4n) is 2.46. The van der Waals surface area contributed by atoms with Gasteiger partial charge in [0.25, 0.3) is 0 Å². The zero-order chi connectivity index (χ0) is 13.8. The zero-order valence-electron chi connectivity index (χ0n) is 12.4. The van der Waals surface area contributed by atoms with Gasteiger partial charge in [-0.05, 0) is 52.8 Å². The van der Waals surface area contributed by atoms with Crippen LogP contribution in [0.1, 0.15) is 33.6 Å². The Morgan fingerprint density at radius 2 is 2.26 bits per heavy atom. The van der Waals surface area contributed by atoms with Gasteiger partial charge in [0.2, 0.25) is 0 Å². The van der Waals surface area contributed by atoms with Crippen LogP contribution >= 0.6 is 0 Å². The number of anilines is 1. The third-order valence-corrected chi connectivity index (χ3v) is 3.68. The Labute approximate surface area is 116 Å². The van der Waals surface area contributed by atoms with Gasteiger partial charge in [0.15, 0.2) is 11.6 Å². The molecule has 2 rings (SSSR count). The highest BCUT2D eigenvalue weighted by molar-refractivity contribution is 5.50. The van der Waals surface area contributed by atoms with Crippen LogP contribution in [0.4, 0.5) is 5.82 Å². The van der Waals surface area contributed by atoms with Crippen LogP contribution in [0, 0.1) is 0 Å². The molecule has 1 aromatic rings. The van der Waals surface area contributed by atoms with Crippen LogP contribution in [0.25, 0.3) is 0 Å². The van der Waals surface area contributed by atoms with Crippen molar-refractivity contribution in [2.45, 2.75) is 51.8 Å². The smallest absolute Gasteiger partial charge is 0.168 e. The van der Waals surface area contributed by atoms with Gasteiger partial charge in [-0.25, -0.2) is 4.98 Å². The summed E-state index contributed by atoms with van der Waals surface area (Å²) in [6.45, 7) is 7.48. The quantitative estimate of drug-likeness (QED) is 0.906. The first kappa shape index (κ1) is 14.1. The third kappa shape index (κ3) is 3.83. The molecule has 1 fully saturated rings. The number of likely N-dealkylation sites (tertiary alicyclic amines) is 1. The van der Waals surface area contributed by atoms with Gasteiger partial charge < -0.3 is 15.0 Å². The molecule has 0 aromatic carbocycles. The number of piperidine rings is 1. The van der Waals surface area contributed by atoms with Gasteiger partial charge in [0.05, 0.1) is 6.10 Å². The van der Waals surface area contributed by atoms with Crippen LogP contribution < -0.4 is 10.1 Å². The lowest BCUT2D eigenvalue weighted by molar-refractivity contribution is 0.189. The number of hydrogen-bond donors (Lipinski definition) is 1. The number of nitrogens with one attached hydrogen (secondary N) is 1. The van der Waals surface area contributed by atoms with Crippen molar-refractivity contribution >= 4 is 5.82 Å². The topological polar surface area (TPSA) is 37.4 Å². The molecule has 19 heavy (non-hydrogen) atoms. The van der Waals surface area contributed by atoms with Crippen molar-refractivity contribution in [2.75, 3.05) is 18.9 Å². The highest BCUT2D eigenvalue weighted by Crippen LogP contribution is 2.26. The molecule has 106 valence electrons. The molecule has 2 atom stereocenters. The highest BCUT2D eigenvalue weighted by atomic mass is 16.5. The first-order valence-corrected chi connectivity index (χ1v) is 7.14. The largest absolute Gasteiger partial charge is 0.487 e. The Kier molecular flexibility index (Phi) is 4.64. The van der Waals surface area contributed by atoms with Crippen molar-refractivity contribution in [2.24, 2.45) is 0 Å². The van der Waals surface area contributed by atoms with Gasteiger partial charge in [-0.15, -0.1) is 0 Å². The molecule has 1 aliphatic rings. The molecule has 0 radical (unpaired) electrons. The number of ether oxygens (including phenoxy) is 1. The molecular weight excluding hydrogens is 238 g/mol. The van der Waals surface area contributed by atoms with Crippen LogP contribution in [-0.4, -0.2) is 41.7 Å². The van der Waals surface area contributed by atoms with E-state index in [1.165, 1.54) is 0 Å². The second-order valence-electron chi connectivity index (χ2n) is 5.71. The summed E-state index contributed by atoms with van der Waals surface area (Å²) >= 11 is 0. The summed E-state index contributed by atoms with van der Waals surface area (Å²) in [4.78, 5) is 6.83. The second-order valence-corrected chi connectivity index (χ2v) is 5.71. The molecule has 1 aromatic heterocycles. The van der Waals surface area contributed by atoms with E-state index in [1.54, 1.807) is 0 Å². The fourth-order valence-corrected chi connectivity index (χ4v) is 2.46. The Morgan fingerprint density at radius 3 is 2.95 bits per heavy atom. The maximum absolute atomic E-state index is 5.80. The van der Waals surface area contributed by atoms with E-state index in [2.05, 4.69) is 29.2 Å². The summed E-state index contributed by atoms with van der Waals surface area (Å²) in [6.07, 6.45) is 4.28. The molecule has 0 amide bonds. The summed E-state index contributed by atoms with van der Waals surface area (Å²) in [5.41, 5.74) is 0. The van der Waals surface area contributed by atoms with Crippen LogP contribution in [0.15, 0.2) is 18.3 Å². The standard InChI is InChI=1S/C15H25N3O/c1-11(2)19-14-6-5-8-16-15(14)17-13-7-9-18(4)12(3)10-13/h5-6,8,11-13H,7,9-10H2,1-4H3,(H,16,17). The lowest BCUT2D eigenvalue weighted by Gasteiger charge is -2.35. The van der Waals surface area contributed by atoms with E-state index in [0.29, 0.717) is 12.1 Å². The Bertz CT molecular complexity index is 408. The van der Waals surface area contributed by atoms with E-state index in [4.69, 9.17) is 4.74 Å². The molecule has 4 heteroatoms. The van der Waals surface area contributed by atoms with Crippen molar-refractivity contribution in [3.63, 3.8) is 0 Å². The average molecular weight is 263 g/mol. The molecule has 1 aliphatic heterocycles. The molecule has 1 saturated heterocycles. The van der Waals surface area contributed by atoms with Gasteiger partial charge in [0, 0.05) is 24.8 Å². The molecule has 2 heterocycles. The minimum Gasteiger partial charge on any atom is -0.487 e. The predicted octanol–water partition coefficient (Wildman–Crippen LogP) is 2.76. The van der Waals surface area contributed by atoms with E-state index in [1.807, 2.05) is 32.2 Å². The van der Waals surface area contributed by atoms with Crippen LogP contribution in [0.5, 0.6) is 5.75 Å². The molecule has 0 bridgehead atoms. The second kappa shape index (κ2) is 6.24. The molecular formula is C15H25N3O. The minimum atomic E-state index is 0.168. The predicted molar refractivity (Wildman–Crippen MR) is 78.7 cm³/mol.